The van der Waals surface area contributed by atoms with Crippen molar-refractivity contribution in [3.05, 3.63) is 0 Å². The van der Waals surface area contributed by atoms with Gasteiger partial charge in [-0.1, -0.05) is 19.3 Å². The largest absolute Gasteiger partial charge is 0.480 e. The van der Waals surface area contributed by atoms with E-state index in [9.17, 15) is 14.7 Å². The van der Waals surface area contributed by atoms with Crippen LogP contribution in [0.3, 0.4) is 0 Å². The van der Waals surface area contributed by atoms with Gasteiger partial charge in [-0.25, -0.2) is 4.79 Å². The Morgan fingerprint density at radius 2 is 1.88 bits per heavy atom. The minimum absolute atomic E-state index is 0.279. The highest BCUT2D eigenvalue weighted by Crippen LogP contribution is 2.17. The Labute approximate surface area is 100 Å². The smallest absolute Gasteiger partial charge is 0.325 e. The van der Waals surface area contributed by atoms with Crippen LogP contribution in [0.1, 0.15) is 39.0 Å². The lowest BCUT2D eigenvalue weighted by molar-refractivity contribution is -0.138. The van der Waals surface area contributed by atoms with E-state index in [0.717, 1.165) is 25.7 Å². The highest BCUT2D eigenvalue weighted by molar-refractivity contribution is 5.82. The third-order valence-electron chi connectivity index (χ3n) is 3.01. The minimum Gasteiger partial charge on any atom is -0.480 e. The first-order valence-electron chi connectivity index (χ1n) is 5.98. The lowest BCUT2D eigenvalue weighted by atomic mass is 10.1. The lowest BCUT2D eigenvalue weighted by Crippen LogP contribution is -2.50. The first-order valence-corrected chi connectivity index (χ1v) is 5.98. The third-order valence-corrected chi connectivity index (χ3v) is 3.01. The molecule has 0 aromatic heterocycles. The van der Waals surface area contributed by atoms with Crippen LogP contribution in [0.25, 0.3) is 0 Å². The Morgan fingerprint density at radius 3 is 2.53 bits per heavy atom. The van der Waals surface area contributed by atoms with Gasteiger partial charge in [-0.2, -0.15) is 0 Å². The summed E-state index contributed by atoms with van der Waals surface area (Å²) in [4.78, 5) is 22.0. The van der Waals surface area contributed by atoms with Gasteiger partial charge in [-0.3, -0.25) is 4.79 Å². The van der Waals surface area contributed by atoms with Crippen molar-refractivity contribution in [2.75, 3.05) is 0 Å². The van der Waals surface area contributed by atoms with Crippen LogP contribution in [0, 0.1) is 0 Å². The van der Waals surface area contributed by atoms with Gasteiger partial charge in [0.1, 0.15) is 6.04 Å². The minimum atomic E-state index is -1.08. The molecule has 1 aliphatic carbocycles. The normalized spacial score (nSPS) is 26.7. The Kier molecular flexibility index (Phi) is 5.21. The summed E-state index contributed by atoms with van der Waals surface area (Å²) in [5.74, 6) is -1.08. The Hall–Kier alpha value is -1.30. The number of aliphatic hydroxyl groups excluding tert-OH is 1. The second-order valence-corrected chi connectivity index (χ2v) is 4.49. The maximum atomic E-state index is 11.5. The van der Waals surface area contributed by atoms with Crippen molar-refractivity contribution in [3.8, 4) is 0 Å². The van der Waals surface area contributed by atoms with Gasteiger partial charge in [-0.15, -0.1) is 0 Å². The molecule has 0 aromatic carbocycles. The number of hydrogen-bond donors (Lipinski definition) is 4. The van der Waals surface area contributed by atoms with Crippen LogP contribution in [0.5, 0.6) is 0 Å². The first-order chi connectivity index (χ1) is 8.00. The quantitative estimate of drug-likeness (QED) is 0.542. The van der Waals surface area contributed by atoms with E-state index >= 15 is 0 Å². The molecule has 98 valence electrons. The van der Waals surface area contributed by atoms with Crippen molar-refractivity contribution < 1.29 is 19.8 Å². The van der Waals surface area contributed by atoms with Crippen molar-refractivity contribution >= 4 is 12.0 Å². The Morgan fingerprint density at radius 1 is 1.24 bits per heavy atom. The number of aliphatic hydroxyl groups is 1. The fourth-order valence-corrected chi connectivity index (χ4v) is 1.92. The molecule has 0 saturated heterocycles. The van der Waals surface area contributed by atoms with Gasteiger partial charge in [0, 0.05) is 0 Å². The van der Waals surface area contributed by atoms with Crippen molar-refractivity contribution in [3.63, 3.8) is 0 Å². The Bertz CT molecular complexity index is 283. The summed E-state index contributed by atoms with van der Waals surface area (Å²) in [5, 5.41) is 23.4. The van der Waals surface area contributed by atoms with Gasteiger partial charge in [0.25, 0.3) is 0 Å². The fourth-order valence-electron chi connectivity index (χ4n) is 1.92. The predicted molar refractivity (Wildman–Crippen MR) is 61.6 cm³/mol. The summed E-state index contributed by atoms with van der Waals surface area (Å²) in [5.41, 5.74) is 0. The van der Waals surface area contributed by atoms with Gasteiger partial charge >= 0.3 is 12.0 Å². The van der Waals surface area contributed by atoms with Crippen molar-refractivity contribution in [2.45, 2.75) is 57.2 Å². The zero-order chi connectivity index (χ0) is 12.8. The summed E-state index contributed by atoms with van der Waals surface area (Å²) < 4.78 is 0. The molecule has 2 unspecified atom stereocenters. The summed E-state index contributed by atoms with van der Waals surface area (Å²) >= 11 is 0. The number of carboxylic acid groups (broad SMARTS) is 1. The third kappa shape index (κ3) is 4.60. The molecule has 0 radical (unpaired) electrons. The molecule has 3 atom stereocenters. The van der Waals surface area contributed by atoms with Gasteiger partial charge in [-0.05, 0) is 19.8 Å². The summed E-state index contributed by atoms with van der Waals surface area (Å²) in [6.07, 6.45) is 3.87. The first kappa shape index (κ1) is 13.8. The van der Waals surface area contributed by atoms with E-state index in [0.29, 0.717) is 6.42 Å². The zero-order valence-electron chi connectivity index (χ0n) is 9.98. The molecule has 0 bridgehead atoms. The average molecular weight is 244 g/mol. The molecule has 6 nitrogen and oxygen atoms in total. The molecule has 1 rings (SSSR count). The Balaban J connectivity index is 2.41. The molecule has 1 saturated carbocycles. The van der Waals surface area contributed by atoms with E-state index in [1.54, 1.807) is 0 Å². The van der Waals surface area contributed by atoms with Crippen LogP contribution in [0.4, 0.5) is 4.79 Å². The maximum absolute atomic E-state index is 11.5. The summed E-state index contributed by atoms with van der Waals surface area (Å²) in [7, 11) is 0. The van der Waals surface area contributed by atoms with Crippen LogP contribution >= 0.6 is 0 Å². The summed E-state index contributed by atoms with van der Waals surface area (Å²) in [6, 6.07) is -1.75. The van der Waals surface area contributed by atoms with E-state index in [1.807, 2.05) is 0 Å². The second kappa shape index (κ2) is 6.44. The van der Waals surface area contributed by atoms with E-state index in [1.165, 1.54) is 6.92 Å². The molecule has 0 aliphatic heterocycles. The molecule has 4 N–H and O–H groups in total. The molecule has 6 heteroatoms. The van der Waals surface area contributed by atoms with Crippen molar-refractivity contribution in [2.24, 2.45) is 0 Å². The SMILES string of the molecule is C[C@H](NC(=O)NC1CCCCCC1O)C(=O)O. The van der Waals surface area contributed by atoms with Gasteiger partial charge in [0.05, 0.1) is 12.1 Å². The predicted octanol–water partition coefficient (Wildman–Crippen LogP) is 0.452. The molecule has 0 heterocycles. The van der Waals surface area contributed by atoms with Crippen molar-refractivity contribution in [1.29, 1.82) is 0 Å². The number of hydrogen-bond acceptors (Lipinski definition) is 3. The van der Waals surface area contributed by atoms with Crippen LogP contribution < -0.4 is 10.6 Å². The fraction of sp³-hybridized carbons (Fsp3) is 0.818. The number of nitrogens with one attached hydrogen (secondary N) is 2. The molecule has 0 aromatic rings. The van der Waals surface area contributed by atoms with E-state index < -0.39 is 24.1 Å². The van der Waals surface area contributed by atoms with Gasteiger partial charge < -0.3 is 20.8 Å². The number of carbonyl (C=O) groups is 2. The summed E-state index contributed by atoms with van der Waals surface area (Å²) in [6.45, 7) is 1.39. The van der Waals surface area contributed by atoms with Gasteiger partial charge in [0.15, 0.2) is 0 Å². The molecule has 17 heavy (non-hydrogen) atoms. The van der Waals surface area contributed by atoms with Crippen molar-refractivity contribution in [1.82, 2.24) is 10.6 Å². The van der Waals surface area contributed by atoms with E-state index in [4.69, 9.17) is 5.11 Å². The zero-order valence-corrected chi connectivity index (χ0v) is 9.98. The monoisotopic (exact) mass is 244 g/mol. The molecule has 0 spiro atoms. The molecule has 2 amide bonds. The van der Waals surface area contributed by atoms with Crippen LogP contribution in [-0.2, 0) is 4.79 Å². The topological polar surface area (TPSA) is 98.7 Å². The molecular weight excluding hydrogens is 224 g/mol. The number of urea groups is 1. The molecule has 1 aliphatic rings. The van der Waals surface area contributed by atoms with E-state index in [-0.39, 0.29) is 6.04 Å². The number of carboxylic acids is 1. The standard InChI is InChI=1S/C11H20N2O4/c1-7(10(15)16)12-11(17)13-8-5-3-2-4-6-9(8)14/h7-9,14H,2-6H2,1H3,(H,15,16)(H2,12,13,17)/t7-,8?,9?/m0/s1. The number of carbonyl (C=O) groups excluding carboxylic acids is 1. The number of rotatable bonds is 3. The second-order valence-electron chi connectivity index (χ2n) is 4.49. The number of amides is 2. The van der Waals surface area contributed by atoms with Crippen LogP contribution in [0.2, 0.25) is 0 Å². The highest BCUT2D eigenvalue weighted by Gasteiger charge is 2.24. The molecular formula is C11H20N2O4. The number of aliphatic carboxylic acids is 1. The molecule has 1 fully saturated rings. The maximum Gasteiger partial charge on any atom is 0.325 e. The average Bonchev–Trinajstić information content (AvgIpc) is 2.44. The highest BCUT2D eigenvalue weighted by atomic mass is 16.4. The van der Waals surface area contributed by atoms with Crippen LogP contribution in [-0.4, -0.2) is 40.4 Å². The van der Waals surface area contributed by atoms with Crippen LogP contribution in [0.15, 0.2) is 0 Å². The van der Waals surface area contributed by atoms with Gasteiger partial charge in [0.2, 0.25) is 0 Å². The lowest BCUT2D eigenvalue weighted by Gasteiger charge is -2.22. The van der Waals surface area contributed by atoms with E-state index in [2.05, 4.69) is 10.6 Å².